The highest BCUT2D eigenvalue weighted by Gasteiger charge is 2.30. The number of quaternary nitrogens is 2. The molecule has 2 aromatic carbocycles. The molecule has 2 aromatic rings. The van der Waals surface area contributed by atoms with E-state index in [-0.39, 0.29) is 0 Å². The molecule has 1 aliphatic rings. The third-order valence-corrected chi connectivity index (χ3v) is 5.17. The molecule has 1 aliphatic heterocycles. The third-order valence-electron chi connectivity index (χ3n) is 4.80. The number of hydrogen-bond donors (Lipinski definition) is 2. The van der Waals surface area contributed by atoms with Crippen molar-refractivity contribution < 1.29 is 23.0 Å². The molecule has 3 rings (SSSR count). The fraction of sp³-hybridized carbons (Fsp3) is 0.368. The molecule has 0 spiro atoms. The number of hydrogen-bond acceptors (Lipinski definition) is 0. The van der Waals surface area contributed by atoms with E-state index in [1.54, 1.807) is 12.1 Å². The number of piperazine rings is 1. The van der Waals surface area contributed by atoms with E-state index in [9.17, 15) is 13.2 Å². The Labute approximate surface area is 150 Å². The molecule has 134 valence electrons. The van der Waals surface area contributed by atoms with Crippen LogP contribution < -0.4 is 9.80 Å². The van der Waals surface area contributed by atoms with Crippen LogP contribution in [0.15, 0.2) is 48.5 Å². The Kier molecular flexibility index (Phi) is 5.67. The highest BCUT2D eigenvalue weighted by molar-refractivity contribution is 6.31. The third kappa shape index (κ3) is 4.97. The summed E-state index contributed by atoms with van der Waals surface area (Å²) in [6.45, 7) is 5.81. The van der Waals surface area contributed by atoms with E-state index in [1.165, 1.54) is 27.5 Å². The van der Waals surface area contributed by atoms with Gasteiger partial charge in [-0.1, -0.05) is 41.9 Å². The van der Waals surface area contributed by atoms with Gasteiger partial charge in [-0.05, 0) is 18.2 Å². The number of rotatable bonds is 4. The van der Waals surface area contributed by atoms with Gasteiger partial charge >= 0.3 is 6.18 Å². The molecule has 1 heterocycles. The van der Waals surface area contributed by atoms with E-state index in [0.717, 1.165) is 49.9 Å². The summed E-state index contributed by atoms with van der Waals surface area (Å²) in [5.74, 6) is 0. The lowest BCUT2D eigenvalue weighted by Crippen LogP contribution is -3.27. The monoisotopic (exact) mass is 370 g/mol. The van der Waals surface area contributed by atoms with Crippen molar-refractivity contribution in [1.82, 2.24) is 0 Å². The smallest absolute Gasteiger partial charge is 0.322 e. The number of halogens is 4. The Morgan fingerprint density at radius 3 is 1.92 bits per heavy atom. The largest absolute Gasteiger partial charge is 0.416 e. The van der Waals surface area contributed by atoms with Crippen molar-refractivity contribution in [3.05, 3.63) is 70.2 Å². The number of alkyl halides is 3. The van der Waals surface area contributed by atoms with Crippen molar-refractivity contribution in [2.45, 2.75) is 19.3 Å². The van der Waals surface area contributed by atoms with Crippen molar-refractivity contribution >= 4 is 11.6 Å². The van der Waals surface area contributed by atoms with Crippen LogP contribution in [0.4, 0.5) is 13.2 Å². The summed E-state index contributed by atoms with van der Waals surface area (Å²) >= 11 is 6.23. The van der Waals surface area contributed by atoms with Crippen LogP contribution in [0.5, 0.6) is 0 Å². The van der Waals surface area contributed by atoms with Gasteiger partial charge < -0.3 is 9.80 Å². The summed E-state index contributed by atoms with van der Waals surface area (Å²) < 4.78 is 37.8. The van der Waals surface area contributed by atoms with E-state index in [1.807, 2.05) is 18.2 Å². The maximum absolute atomic E-state index is 12.6. The zero-order chi connectivity index (χ0) is 17.9. The molecule has 0 aromatic heterocycles. The summed E-state index contributed by atoms with van der Waals surface area (Å²) in [5.41, 5.74) is 1.54. The van der Waals surface area contributed by atoms with Crippen LogP contribution in [0.2, 0.25) is 5.02 Å². The van der Waals surface area contributed by atoms with Crippen LogP contribution >= 0.6 is 11.6 Å². The maximum Gasteiger partial charge on any atom is 0.416 e. The first kappa shape index (κ1) is 18.2. The van der Waals surface area contributed by atoms with Gasteiger partial charge in [0.25, 0.3) is 0 Å². The van der Waals surface area contributed by atoms with E-state index in [0.29, 0.717) is 0 Å². The van der Waals surface area contributed by atoms with E-state index >= 15 is 0 Å². The Morgan fingerprint density at radius 1 is 0.800 bits per heavy atom. The molecular formula is C19H22ClF3N2+2. The lowest BCUT2D eigenvalue weighted by Gasteiger charge is -2.30. The highest BCUT2D eigenvalue weighted by atomic mass is 35.5. The van der Waals surface area contributed by atoms with Crippen molar-refractivity contribution in [1.29, 1.82) is 0 Å². The van der Waals surface area contributed by atoms with Crippen LogP contribution in [0.1, 0.15) is 16.7 Å². The highest BCUT2D eigenvalue weighted by Crippen LogP contribution is 2.28. The van der Waals surface area contributed by atoms with Crippen LogP contribution in [-0.4, -0.2) is 26.2 Å². The van der Waals surface area contributed by atoms with Gasteiger partial charge in [-0.15, -0.1) is 0 Å². The predicted octanol–water partition coefficient (Wildman–Crippen LogP) is 1.84. The minimum absolute atomic E-state index is 0.583. The minimum Gasteiger partial charge on any atom is -0.322 e. The second-order valence-electron chi connectivity index (χ2n) is 6.64. The second-order valence-corrected chi connectivity index (χ2v) is 7.05. The normalized spacial score (nSPS) is 21.3. The minimum atomic E-state index is -4.26. The zero-order valence-electron chi connectivity index (χ0n) is 13.9. The predicted molar refractivity (Wildman–Crippen MR) is 91.7 cm³/mol. The molecule has 0 atom stereocenters. The summed E-state index contributed by atoms with van der Waals surface area (Å²) in [5, 5.41) is 0.814. The summed E-state index contributed by atoms with van der Waals surface area (Å²) in [6.07, 6.45) is -4.26. The Balaban J connectivity index is 1.50. The van der Waals surface area contributed by atoms with Gasteiger partial charge in [0.2, 0.25) is 0 Å². The van der Waals surface area contributed by atoms with Gasteiger partial charge in [0, 0.05) is 16.1 Å². The molecule has 0 saturated carbocycles. The van der Waals surface area contributed by atoms with Gasteiger partial charge in [-0.3, -0.25) is 0 Å². The average molecular weight is 371 g/mol. The van der Waals surface area contributed by atoms with Crippen molar-refractivity contribution in [3.8, 4) is 0 Å². The van der Waals surface area contributed by atoms with Crippen molar-refractivity contribution in [3.63, 3.8) is 0 Å². The first-order chi connectivity index (χ1) is 11.9. The molecule has 25 heavy (non-hydrogen) atoms. The van der Waals surface area contributed by atoms with Gasteiger partial charge in [0.15, 0.2) is 0 Å². The molecule has 2 N–H and O–H groups in total. The fourth-order valence-electron chi connectivity index (χ4n) is 3.32. The van der Waals surface area contributed by atoms with Crippen LogP contribution in [0, 0.1) is 0 Å². The number of nitrogens with one attached hydrogen (secondary N) is 2. The van der Waals surface area contributed by atoms with Crippen molar-refractivity contribution in [2.75, 3.05) is 26.2 Å². The molecule has 0 unspecified atom stereocenters. The average Bonchev–Trinajstić information content (AvgIpc) is 2.58. The van der Waals surface area contributed by atoms with E-state index < -0.39 is 11.7 Å². The zero-order valence-corrected chi connectivity index (χ0v) is 14.6. The first-order valence-corrected chi connectivity index (χ1v) is 8.86. The Hall–Kier alpha value is -1.56. The van der Waals surface area contributed by atoms with Crippen LogP contribution in [-0.2, 0) is 19.3 Å². The van der Waals surface area contributed by atoms with Gasteiger partial charge in [-0.25, -0.2) is 0 Å². The quantitative estimate of drug-likeness (QED) is 0.812. The molecule has 6 heteroatoms. The summed E-state index contributed by atoms with van der Waals surface area (Å²) in [7, 11) is 0. The Morgan fingerprint density at radius 2 is 1.36 bits per heavy atom. The fourth-order valence-corrected chi connectivity index (χ4v) is 3.52. The van der Waals surface area contributed by atoms with Gasteiger partial charge in [-0.2, -0.15) is 13.2 Å². The second kappa shape index (κ2) is 7.77. The van der Waals surface area contributed by atoms with Crippen LogP contribution in [0.25, 0.3) is 0 Å². The molecule has 0 aliphatic carbocycles. The SMILES string of the molecule is FC(F)(F)c1ccc(C[NH+]2CC[NH+](Cc3ccccc3Cl)CC2)cc1. The first-order valence-electron chi connectivity index (χ1n) is 8.48. The molecular weight excluding hydrogens is 349 g/mol. The topological polar surface area (TPSA) is 8.88 Å². The van der Waals surface area contributed by atoms with E-state index in [2.05, 4.69) is 6.07 Å². The number of benzene rings is 2. The molecule has 2 nitrogen and oxygen atoms in total. The standard InChI is InChI=1S/C19H20ClF3N2/c20-18-4-2-1-3-16(18)14-25-11-9-24(10-12-25)13-15-5-7-17(8-6-15)19(21,22)23/h1-8H,9-14H2/p+2. The lowest BCUT2D eigenvalue weighted by atomic mass is 10.1. The molecule has 0 bridgehead atoms. The maximum atomic E-state index is 12.6. The van der Waals surface area contributed by atoms with Crippen molar-refractivity contribution in [2.24, 2.45) is 0 Å². The summed E-state index contributed by atoms with van der Waals surface area (Å²) in [4.78, 5) is 2.92. The molecule has 1 saturated heterocycles. The van der Waals surface area contributed by atoms with Crippen LogP contribution in [0.3, 0.4) is 0 Å². The molecule has 0 amide bonds. The van der Waals surface area contributed by atoms with Gasteiger partial charge in [0.05, 0.1) is 5.56 Å². The Bertz CT molecular complexity index is 693. The molecule has 1 fully saturated rings. The molecule has 0 radical (unpaired) electrons. The van der Waals surface area contributed by atoms with E-state index in [4.69, 9.17) is 11.6 Å². The van der Waals surface area contributed by atoms with Gasteiger partial charge in [0.1, 0.15) is 39.3 Å². The lowest BCUT2D eigenvalue weighted by molar-refractivity contribution is -1.02. The summed E-state index contributed by atoms with van der Waals surface area (Å²) in [6, 6.07) is 13.5.